The monoisotopic (exact) mass is 520 g/mol. The Labute approximate surface area is 220 Å². The third kappa shape index (κ3) is 6.98. The van der Waals surface area contributed by atoms with Crippen molar-refractivity contribution >= 4 is 28.8 Å². The predicted molar refractivity (Wildman–Crippen MR) is 140 cm³/mol. The number of rotatable bonds is 8. The molecule has 1 fully saturated rings. The number of alkyl carbamates (subject to hydrolysis) is 1. The van der Waals surface area contributed by atoms with E-state index in [1.807, 2.05) is 44.2 Å². The third-order valence-corrected chi connectivity index (χ3v) is 6.59. The van der Waals surface area contributed by atoms with Gasteiger partial charge < -0.3 is 20.1 Å². The fraction of sp³-hybridized carbons (Fsp3) is 0.357. The van der Waals surface area contributed by atoms with Crippen molar-refractivity contribution in [3.8, 4) is 5.75 Å². The molecular weight excluding hydrogens is 488 g/mol. The third-order valence-electron chi connectivity index (χ3n) is 6.59. The quantitative estimate of drug-likeness (QED) is 0.260. The molecule has 1 saturated carbocycles. The zero-order valence-electron chi connectivity index (χ0n) is 21.4. The first kappa shape index (κ1) is 26.9. The minimum Gasteiger partial charge on any atom is -0.486 e. The van der Waals surface area contributed by atoms with Gasteiger partial charge in [-0.25, -0.2) is 10.3 Å². The fourth-order valence-electron chi connectivity index (χ4n) is 4.65. The number of pyridine rings is 1. The highest BCUT2D eigenvalue weighted by atomic mass is 16.6. The molecule has 0 saturated heterocycles. The highest BCUT2D eigenvalue weighted by Gasteiger charge is 2.24. The molecule has 4 rings (SSSR count). The number of nitrogens with zero attached hydrogens (tertiary/aromatic N) is 1. The second-order valence-electron chi connectivity index (χ2n) is 9.43. The van der Waals surface area contributed by atoms with Crippen molar-refractivity contribution in [3.63, 3.8) is 0 Å². The van der Waals surface area contributed by atoms with Gasteiger partial charge in [0.1, 0.15) is 11.9 Å². The number of amides is 3. The first-order valence-corrected chi connectivity index (χ1v) is 12.6. The van der Waals surface area contributed by atoms with Crippen LogP contribution in [0.25, 0.3) is 10.9 Å². The summed E-state index contributed by atoms with van der Waals surface area (Å²) in [7, 11) is 0. The van der Waals surface area contributed by atoms with Gasteiger partial charge >= 0.3 is 6.09 Å². The number of fused-ring (bicyclic) bond motifs is 1. The van der Waals surface area contributed by atoms with Crippen molar-refractivity contribution in [3.05, 3.63) is 71.4 Å². The van der Waals surface area contributed by atoms with Gasteiger partial charge in [0.05, 0.1) is 5.52 Å². The second kappa shape index (κ2) is 12.4. The molecule has 3 aromatic rings. The summed E-state index contributed by atoms with van der Waals surface area (Å²) < 4.78 is 10.9. The summed E-state index contributed by atoms with van der Waals surface area (Å²) in [4.78, 5) is 40.1. The van der Waals surface area contributed by atoms with Crippen LogP contribution < -0.4 is 20.9 Å². The van der Waals surface area contributed by atoms with E-state index in [0.29, 0.717) is 37.0 Å². The summed E-state index contributed by atoms with van der Waals surface area (Å²) in [5.41, 5.74) is 4.86. The molecule has 0 radical (unpaired) electrons. The molecule has 38 heavy (non-hydrogen) atoms. The number of carbonyl (C=O) groups excluding carboxylic acids is 3. The summed E-state index contributed by atoms with van der Waals surface area (Å²) in [6.45, 7) is 3.41. The molecule has 1 aliphatic rings. The van der Waals surface area contributed by atoms with Crippen molar-refractivity contribution in [1.82, 2.24) is 21.1 Å². The second-order valence-corrected chi connectivity index (χ2v) is 9.43. The average molecular weight is 521 g/mol. The van der Waals surface area contributed by atoms with E-state index in [9.17, 15) is 14.4 Å². The molecule has 0 aliphatic heterocycles. The lowest BCUT2D eigenvalue weighted by Crippen LogP contribution is -2.44. The number of aromatic nitrogens is 1. The Bertz CT molecular complexity index is 1290. The van der Waals surface area contributed by atoms with Gasteiger partial charge in [-0.05, 0) is 75.9 Å². The summed E-state index contributed by atoms with van der Waals surface area (Å²) in [6.07, 6.45) is 1.82. The maximum atomic E-state index is 12.8. The zero-order chi connectivity index (χ0) is 27.1. The summed E-state index contributed by atoms with van der Waals surface area (Å²) in [5.74, 6) is -0.299. The number of para-hydroxylation sites is 1. The van der Waals surface area contributed by atoms with Gasteiger partial charge in [-0.3, -0.25) is 19.8 Å². The first-order chi connectivity index (χ1) is 18.3. The molecular formula is C28H32N4O6. The number of nitrogens with one attached hydrogen (secondary N) is 3. The first-order valence-electron chi connectivity index (χ1n) is 12.6. The van der Waals surface area contributed by atoms with Gasteiger partial charge in [0, 0.05) is 34.3 Å². The lowest BCUT2D eigenvalue weighted by Gasteiger charge is -2.29. The van der Waals surface area contributed by atoms with Crippen molar-refractivity contribution < 1.29 is 29.1 Å². The number of hydrogen-bond donors (Lipinski definition) is 4. The Kier molecular flexibility index (Phi) is 8.75. The van der Waals surface area contributed by atoms with Gasteiger partial charge in [-0.2, -0.15) is 0 Å². The molecule has 1 heterocycles. The SMILES string of the molecule is Cc1cc(C(C)Oc2ccc(C(=O)NC3CCC(NC(=O)OCC(=O)NO)CC3)cc2)c2ccccc2n1. The van der Waals surface area contributed by atoms with Crippen molar-refractivity contribution in [2.75, 3.05) is 6.61 Å². The Balaban J connectivity index is 1.26. The summed E-state index contributed by atoms with van der Waals surface area (Å²) >= 11 is 0. The Morgan fingerprint density at radius 3 is 2.34 bits per heavy atom. The lowest BCUT2D eigenvalue weighted by atomic mass is 9.91. The summed E-state index contributed by atoms with van der Waals surface area (Å²) in [5, 5.41) is 15.2. The maximum Gasteiger partial charge on any atom is 0.407 e. The standard InChI is InChI=1S/C28H32N4O6/c1-17-15-24(23-5-3-4-6-25(23)29-17)18(2)38-22-13-7-19(8-14-22)27(34)30-20-9-11-21(12-10-20)31-28(35)37-16-26(33)32-36/h3-8,13-15,18,20-21,36H,9-12,16H2,1-2H3,(H,30,34)(H,31,35)(H,32,33). The normalized spacial score (nSPS) is 17.8. The Hall–Kier alpha value is -4.18. The lowest BCUT2D eigenvalue weighted by molar-refractivity contribution is -0.132. The van der Waals surface area contributed by atoms with Gasteiger partial charge in [0.2, 0.25) is 0 Å². The van der Waals surface area contributed by atoms with Crippen LogP contribution in [-0.4, -0.2) is 46.8 Å². The molecule has 1 aliphatic carbocycles. The molecule has 3 amide bonds. The molecule has 200 valence electrons. The zero-order valence-corrected chi connectivity index (χ0v) is 21.4. The average Bonchev–Trinajstić information content (AvgIpc) is 2.92. The number of hydroxylamine groups is 1. The molecule has 10 heteroatoms. The molecule has 2 aromatic carbocycles. The highest BCUT2D eigenvalue weighted by Crippen LogP contribution is 2.28. The van der Waals surface area contributed by atoms with Crippen LogP contribution in [-0.2, 0) is 9.53 Å². The van der Waals surface area contributed by atoms with E-state index in [-0.39, 0.29) is 24.1 Å². The van der Waals surface area contributed by atoms with Gasteiger partial charge in [-0.1, -0.05) is 18.2 Å². The van der Waals surface area contributed by atoms with Crippen LogP contribution in [0.2, 0.25) is 0 Å². The van der Waals surface area contributed by atoms with Crippen LogP contribution in [0.3, 0.4) is 0 Å². The minimum absolute atomic E-state index is 0.00380. The number of benzene rings is 2. The van der Waals surface area contributed by atoms with Gasteiger partial charge in [0.15, 0.2) is 6.61 Å². The van der Waals surface area contributed by atoms with E-state index >= 15 is 0 Å². The molecule has 4 N–H and O–H groups in total. The number of carbonyl (C=O) groups is 3. The van der Waals surface area contributed by atoms with E-state index < -0.39 is 18.6 Å². The van der Waals surface area contributed by atoms with Crippen LogP contribution in [0.4, 0.5) is 4.79 Å². The fourth-order valence-corrected chi connectivity index (χ4v) is 4.65. The van der Waals surface area contributed by atoms with Crippen LogP contribution in [0.1, 0.15) is 60.3 Å². The number of aryl methyl sites for hydroxylation is 1. The van der Waals surface area contributed by atoms with Crippen molar-refractivity contribution in [1.29, 1.82) is 0 Å². The van der Waals surface area contributed by atoms with E-state index in [1.165, 1.54) is 5.48 Å². The molecule has 0 bridgehead atoms. The molecule has 1 unspecified atom stereocenters. The van der Waals surface area contributed by atoms with E-state index in [1.54, 1.807) is 24.3 Å². The van der Waals surface area contributed by atoms with Gasteiger partial charge in [0.25, 0.3) is 11.8 Å². The van der Waals surface area contributed by atoms with E-state index in [4.69, 9.17) is 14.7 Å². The number of ether oxygens (including phenoxy) is 2. The van der Waals surface area contributed by atoms with Gasteiger partial charge in [-0.15, -0.1) is 0 Å². The molecule has 0 spiro atoms. The molecule has 10 nitrogen and oxygen atoms in total. The summed E-state index contributed by atoms with van der Waals surface area (Å²) in [6, 6.07) is 17.0. The van der Waals surface area contributed by atoms with Crippen LogP contribution in [0, 0.1) is 6.92 Å². The van der Waals surface area contributed by atoms with Crippen molar-refractivity contribution in [2.24, 2.45) is 0 Å². The van der Waals surface area contributed by atoms with E-state index in [2.05, 4.69) is 15.6 Å². The largest absolute Gasteiger partial charge is 0.486 e. The highest BCUT2D eigenvalue weighted by molar-refractivity contribution is 5.94. The van der Waals surface area contributed by atoms with Crippen LogP contribution in [0.15, 0.2) is 54.6 Å². The smallest absolute Gasteiger partial charge is 0.407 e. The van der Waals surface area contributed by atoms with E-state index in [0.717, 1.165) is 22.2 Å². The van der Waals surface area contributed by atoms with Crippen molar-refractivity contribution in [2.45, 2.75) is 57.7 Å². The van der Waals surface area contributed by atoms with Crippen LogP contribution in [0.5, 0.6) is 5.75 Å². The Morgan fingerprint density at radius 2 is 1.66 bits per heavy atom. The topological polar surface area (TPSA) is 139 Å². The van der Waals surface area contributed by atoms with Crippen LogP contribution >= 0.6 is 0 Å². The molecule has 1 aromatic heterocycles. The minimum atomic E-state index is -0.807. The number of hydrogen-bond acceptors (Lipinski definition) is 7. The molecule has 1 atom stereocenters. The maximum absolute atomic E-state index is 12.8. The Morgan fingerprint density at radius 1 is 1.00 bits per heavy atom. The predicted octanol–water partition coefficient (Wildman–Crippen LogP) is 3.96.